The van der Waals surface area contributed by atoms with Crippen molar-refractivity contribution in [3.63, 3.8) is 0 Å². The number of methoxy groups -OCH3 is 2. The Morgan fingerprint density at radius 2 is 1.70 bits per heavy atom. The van der Waals surface area contributed by atoms with Crippen molar-refractivity contribution in [1.82, 2.24) is 5.32 Å². The van der Waals surface area contributed by atoms with Gasteiger partial charge in [0.15, 0.2) is 0 Å². The third-order valence-corrected chi connectivity index (χ3v) is 5.64. The molecular formula is C21H28N2O6S. The van der Waals surface area contributed by atoms with Crippen molar-refractivity contribution < 1.29 is 27.4 Å². The number of carbonyl (C=O) groups is 1. The SMILES string of the molecule is CCOc1ccc(CNC(=O)[C@@H](C)N(c2cc(OC)ccc2OC)S(C)(=O)=O)cc1. The van der Waals surface area contributed by atoms with E-state index < -0.39 is 22.0 Å². The van der Waals surface area contributed by atoms with Crippen LogP contribution in [-0.4, -0.2) is 47.4 Å². The largest absolute Gasteiger partial charge is 0.497 e. The molecule has 0 aliphatic carbocycles. The van der Waals surface area contributed by atoms with Gasteiger partial charge in [-0.15, -0.1) is 0 Å². The van der Waals surface area contributed by atoms with Crippen LogP contribution in [0.2, 0.25) is 0 Å². The van der Waals surface area contributed by atoms with Crippen LogP contribution < -0.4 is 23.8 Å². The Hall–Kier alpha value is -2.94. The number of sulfonamides is 1. The Kier molecular flexibility index (Phi) is 7.93. The maximum atomic E-state index is 12.8. The smallest absolute Gasteiger partial charge is 0.243 e. The van der Waals surface area contributed by atoms with Crippen LogP contribution in [0, 0.1) is 0 Å². The minimum atomic E-state index is -3.79. The maximum Gasteiger partial charge on any atom is 0.243 e. The minimum Gasteiger partial charge on any atom is -0.497 e. The summed E-state index contributed by atoms with van der Waals surface area (Å²) in [7, 11) is -0.886. The number of amides is 1. The second-order valence-electron chi connectivity index (χ2n) is 6.57. The Balaban J connectivity index is 2.23. The standard InChI is InChI=1S/C21H28N2O6S/c1-6-29-17-9-7-16(8-10-17)14-22-21(24)15(2)23(30(5,25)26)19-13-18(27-3)11-12-20(19)28-4/h7-13,15H,6,14H2,1-5H3,(H,22,24)/t15-/m1/s1. The molecule has 0 saturated heterocycles. The summed E-state index contributed by atoms with van der Waals surface area (Å²) in [6.45, 7) is 4.25. The molecule has 2 rings (SSSR count). The van der Waals surface area contributed by atoms with E-state index in [1.807, 2.05) is 31.2 Å². The van der Waals surface area contributed by atoms with Gasteiger partial charge in [-0.2, -0.15) is 0 Å². The molecule has 8 nitrogen and oxygen atoms in total. The molecule has 30 heavy (non-hydrogen) atoms. The van der Waals surface area contributed by atoms with Gasteiger partial charge in [-0.3, -0.25) is 9.10 Å². The Morgan fingerprint density at radius 3 is 2.23 bits per heavy atom. The number of rotatable bonds is 10. The van der Waals surface area contributed by atoms with Crippen molar-refractivity contribution >= 4 is 21.6 Å². The van der Waals surface area contributed by atoms with Gasteiger partial charge < -0.3 is 19.5 Å². The number of carbonyl (C=O) groups excluding carboxylic acids is 1. The van der Waals surface area contributed by atoms with E-state index in [-0.39, 0.29) is 12.2 Å². The number of nitrogens with one attached hydrogen (secondary N) is 1. The van der Waals surface area contributed by atoms with E-state index in [1.165, 1.54) is 27.2 Å². The summed E-state index contributed by atoms with van der Waals surface area (Å²) in [5, 5.41) is 2.78. The van der Waals surface area contributed by atoms with Crippen LogP contribution in [-0.2, 0) is 21.4 Å². The van der Waals surface area contributed by atoms with Crippen molar-refractivity contribution in [3.05, 3.63) is 48.0 Å². The first-order valence-corrected chi connectivity index (χ1v) is 11.3. The maximum absolute atomic E-state index is 12.8. The summed E-state index contributed by atoms with van der Waals surface area (Å²) in [6, 6.07) is 11.1. The van der Waals surface area contributed by atoms with Crippen LogP contribution in [0.5, 0.6) is 17.2 Å². The molecule has 0 saturated carbocycles. The first kappa shape index (κ1) is 23.3. The van der Waals surface area contributed by atoms with Gasteiger partial charge >= 0.3 is 0 Å². The molecule has 0 bridgehead atoms. The summed E-state index contributed by atoms with van der Waals surface area (Å²) in [4.78, 5) is 12.8. The van der Waals surface area contributed by atoms with Gasteiger partial charge in [0.05, 0.1) is 32.8 Å². The van der Waals surface area contributed by atoms with Gasteiger partial charge in [-0.1, -0.05) is 12.1 Å². The normalized spacial score (nSPS) is 12.0. The zero-order chi connectivity index (χ0) is 22.3. The lowest BCUT2D eigenvalue weighted by molar-refractivity contribution is -0.122. The highest BCUT2D eigenvalue weighted by atomic mass is 32.2. The quantitative estimate of drug-likeness (QED) is 0.615. The van der Waals surface area contributed by atoms with Crippen molar-refractivity contribution in [2.45, 2.75) is 26.4 Å². The monoisotopic (exact) mass is 436 g/mol. The topological polar surface area (TPSA) is 94.2 Å². The highest BCUT2D eigenvalue weighted by Gasteiger charge is 2.31. The van der Waals surface area contributed by atoms with E-state index >= 15 is 0 Å². The van der Waals surface area contributed by atoms with Gasteiger partial charge in [-0.25, -0.2) is 8.42 Å². The van der Waals surface area contributed by atoms with Crippen molar-refractivity contribution in [1.29, 1.82) is 0 Å². The number of hydrogen-bond acceptors (Lipinski definition) is 6. The first-order chi connectivity index (χ1) is 14.2. The molecule has 0 aliphatic heterocycles. The van der Waals surface area contributed by atoms with Gasteiger partial charge in [-0.05, 0) is 43.7 Å². The molecule has 0 heterocycles. The lowest BCUT2D eigenvalue weighted by Gasteiger charge is -2.29. The molecule has 0 fully saturated rings. The van der Waals surface area contributed by atoms with Crippen LogP contribution in [0.4, 0.5) is 5.69 Å². The molecule has 164 valence electrons. The molecule has 2 aromatic carbocycles. The molecule has 0 unspecified atom stereocenters. The number of hydrogen-bond donors (Lipinski definition) is 1. The molecule has 1 atom stereocenters. The van der Waals surface area contributed by atoms with E-state index in [2.05, 4.69) is 5.32 Å². The van der Waals surface area contributed by atoms with E-state index in [9.17, 15) is 13.2 Å². The third-order valence-electron chi connectivity index (χ3n) is 4.41. The van der Waals surface area contributed by atoms with Gasteiger partial charge in [0.2, 0.25) is 15.9 Å². The molecular weight excluding hydrogens is 408 g/mol. The second-order valence-corrected chi connectivity index (χ2v) is 8.43. The number of anilines is 1. The van der Waals surface area contributed by atoms with Crippen molar-refractivity contribution in [2.75, 3.05) is 31.4 Å². The zero-order valence-electron chi connectivity index (χ0n) is 17.8. The summed E-state index contributed by atoms with van der Waals surface area (Å²) in [6.07, 6.45) is 1.04. The Morgan fingerprint density at radius 1 is 1.07 bits per heavy atom. The molecule has 1 amide bonds. The average Bonchev–Trinajstić information content (AvgIpc) is 2.72. The van der Waals surface area contributed by atoms with Gasteiger partial charge in [0.1, 0.15) is 23.3 Å². The molecule has 2 aromatic rings. The minimum absolute atomic E-state index is 0.225. The van der Waals surface area contributed by atoms with Crippen LogP contribution >= 0.6 is 0 Å². The fraction of sp³-hybridized carbons (Fsp3) is 0.381. The van der Waals surface area contributed by atoms with E-state index in [4.69, 9.17) is 14.2 Å². The van der Waals surface area contributed by atoms with Gasteiger partial charge in [0, 0.05) is 12.6 Å². The number of ether oxygens (including phenoxy) is 3. The molecule has 9 heteroatoms. The molecule has 0 aliphatic rings. The summed E-state index contributed by atoms with van der Waals surface area (Å²) in [5.41, 5.74) is 1.09. The predicted octanol–water partition coefficient (Wildman–Crippen LogP) is 2.57. The van der Waals surface area contributed by atoms with Crippen LogP contribution in [0.1, 0.15) is 19.4 Å². The van der Waals surface area contributed by atoms with E-state index in [0.717, 1.165) is 21.9 Å². The van der Waals surface area contributed by atoms with Gasteiger partial charge in [0.25, 0.3) is 0 Å². The predicted molar refractivity (Wildman–Crippen MR) is 116 cm³/mol. The molecule has 0 spiro atoms. The lowest BCUT2D eigenvalue weighted by atomic mass is 10.2. The highest BCUT2D eigenvalue weighted by molar-refractivity contribution is 7.92. The van der Waals surface area contributed by atoms with Crippen LogP contribution in [0.25, 0.3) is 0 Å². The lowest BCUT2D eigenvalue weighted by Crippen LogP contribution is -2.47. The summed E-state index contributed by atoms with van der Waals surface area (Å²) < 4.78 is 42.0. The van der Waals surface area contributed by atoms with Crippen molar-refractivity contribution in [2.24, 2.45) is 0 Å². The van der Waals surface area contributed by atoms with E-state index in [0.29, 0.717) is 18.1 Å². The highest BCUT2D eigenvalue weighted by Crippen LogP contribution is 2.35. The molecule has 0 aromatic heterocycles. The third kappa shape index (κ3) is 5.79. The Labute approximate surface area is 177 Å². The fourth-order valence-electron chi connectivity index (χ4n) is 2.96. The van der Waals surface area contributed by atoms with Crippen LogP contribution in [0.15, 0.2) is 42.5 Å². The fourth-order valence-corrected chi connectivity index (χ4v) is 4.13. The summed E-state index contributed by atoms with van der Waals surface area (Å²) >= 11 is 0. The second kappa shape index (κ2) is 10.2. The van der Waals surface area contributed by atoms with Crippen LogP contribution in [0.3, 0.4) is 0 Å². The number of benzene rings is 2. The number of nitrogens with zero attached hydrogens (tertiary/aromatic N) is 1. The van der Waals surface area contributed by atoms with E-state index in [1.54, 1.807) is 12.1 Å². The van der Waals surface area contributed by atoms with Crippen molar-refractivity contribution in [3.8, 4) is 17.2 Å². The summed E-state index contributed by atoms with van der Waals surface area (Å²) in [5.74, 6) is 1.06. The molecule has 1 N–H and O–H groups in total. The Bertz CT molecular complexity index is 960. The zero-order valence-corrected chi connectivity index (χ0v) is 18.7. The molecule has 0 radical (unpaired) electrons. The average molecular weight is 437 g/mol. The first-order valence-electron chi connectivity index (χ1n) is 9.42.